The van der Waals surface area contributed by atoms with Crippen molar-refractivity contribution in [2.45, 2.75) is 19.7 Å². The number of halogens is 3. The molecule has 0 spiro atoms. The fourth-order valence-corrected chi connectivity index (χ4v) is 2.82. The van der Waals surface area contributed by atoms with Gasteiger partial charge in [0.15, 0.2) is 0 Å². The number of nitrogens with zero attached hydrogens (tertiary/aromatic N) is 2. The van der Waals surface area contributed by atoms with Gasteiger partial charge in [-0.2, -0.15) is 13.2 Å². The van der Waals surface area contributed by atoms with Crippen molar-refractivity contribution in [1.29, 1.82) is 0 Å². The topological polar surface area (TPSA) is 63.0 Å². The predicted octanol–water partition coefficient (Wildman–Crippen LogP) is 4.46. The Balaban J connectivity index is 2.16. The molecule has 154 valence electrons. The van der Waals surface area contributed by atoms with Crippen LogP contribution in [0.25, 0.3) is 0 Å². The molecule has 0 saturated heterocycles. The first kappa shape index (κ1) is 22.5. The number of nitrogens with one attached hydrogen (secondary N) is 1. The molecule has 2 aromatic rings. The van der Waals surface area contributed by atoms with Crippen LogP contribution in [0.1, 0.15) is 29.2 Å². The van der Waals surface area contributed by atoms with Crippen molar-refractivity contribution in [2.75, 3.05) is 13.3 Å². The zero-order chi connectivity index (χ0) is 21.4. The molecule has 2 aromatic carbocycles. The molecule has 0 fully saturated rings. The highest BCUT2D eigenvalue weighted by Gasteiger charge is 2.30. The summed E-state index contributed by atoms with van der Waals surface area (Å²) in [5.74, 6) is -0.323. The van der Waals surface area contributed by atoms with E-state index in [2.05, 4.69) is 14.9 Å². The molecule has 9 heteroatoms. The number of hydrogen-bond donors (Lipinski definition) is 1. The summed E-state index contributed by atoms with van der Waals surface area (Å²) in [5, 5.41) is 6.54. The van der Waals surface area contributed by atoms with E-state index in [9.17, 15) is 18.0 Å². The maximum atomic E-state index is 12.7. The van der Waals surface area contributed by atoms with Gasteiger partial charge in [-0.15, -0.1) is 0 Å². The first-order chi connectivity index (χ1) is 13.8. The van der Waals surface area contributed by atoms with Crippen LogP contribution in [-0.4, -0.2) is 30.6 Å². The molecule has 0 aliphatic carbocycles. The Morgan fingerprint density at radius 1 is 1.14 bits per heavy atom. The molecule has 0 saturated carbocycles. The molecule has 1 N–H and O–H groups in total. The number of amides is 1. The lowest BCUT2D eigenvalue weighted by Gasteiger charge is -2.11. The third-order valence-electron chi connectivity index (χ3n) is 3.95. The van der Waals surface area contributed by atoms with Gasteiger partial charge in [-0.3, -0.25) is 4.79 Å². The Morgan fingerprint density at radius 2 is 1.79 bits per heavy atom. The number of oxime groups is 1. The van der Waals surface area contributed by atoms with Gasteiger partial charge < -0.3 is 10.2 Å². The number of carbonyl (C=O) groups is 1. The van der Waals surface area contributed by atoms with Crippen molar-refractivity contribution in [3.63, 3.8) is 0 Å². The maximum absolute atomic E-state index is 12.7. The largest absolute Gasteiger partial charge is 0.416 e. The molecule has 0 heterocycles. The van der Waals surface area contributed by atoms with Crippen molar-refractivity contribution < 1.29 is 22.8 Å². The van der Waals surface area contributed by atoms with E-state index >= 15 is 0 Å². The monoisotopic (exact) mass is 423 g/mol. The number of carbonyl (C=O) groups excluding carboxylic acids is 1. The summed E-state index contributed by atoms with van der Waals surface area (Å²) in [4.78, 5) is 17.5. The van der Waals surface area contributed by atoms with Gasteiger partial charge in [0.2, 0.25) is 0 Å². The molecule has 0 atom stereocenters. The van der Waals surface area contributed by atoms with E-state index < -0.39 is 11.7 Å². The van der Waals surface area contributed by atoms with E-state index in [1.165, 1.54) is 19.2 Å². The van der Waals surface area contributed by atoms with Crippen molar-refractivity contribution in [3.8, 4) is 0 Å². The lowest BCUT2D eigenvalue weighted by atomic mass is 10.0. The molecule has 0 radical (unpaired) electrons. The summed E-state index contributed by atoms with van der Waals surface area (Å²) < 4.78 is 42.2. The van der Waals surface area contributed by atoms with Crippen LogP contribution in [-0.2, 0) is 22.4 Å². The van der Waals surface area contributed by atoms with Gasteiger partial charge in [-0.1, -0.05) is 41.6 Å². The van der Waals surface area contributed by atoms with Crippen molar-refractivity contribution in [2.24, 2.45) is 9.55 Å². The SMILES string of the molecule is CNC(=O)C(=NSC)c1ccccc1CON=C(C)c1ccc(C(F)(F)F)cc1. The minimum atomic E-state index is -4.38. The molecular formula is C20H20F3N3O2S. The van der Waals surface area contributed by atoms with E-state index in [0.29, 0.717) is 22.4 Å². The van der Waals surface area contributed by atoms with Crippen LogP contribution in [0, 0.1) is 0 Å². The van der Waals surface area contributed by atoms with E-state index in [1.807, 2.05) is 0 Å². The number of benzene rings is 2. The average molecular weight is 423 g/mol. The number of alkyl halides is 3. The number of rotatable bonds is 7. The minimum Gasteiger partial charge on any atom is -0.391 e. The Hall–Kier alpha value is -2.81. The fourth-order valence-electron chi connectivity index (χ4n) is 2.45. The molecule has 0 unspecified atom stereocenters. The molecule has 1 amide bonds. The van der Waals surface area contributed by atoms with E-state index in [4.69, 9.17) is 4.84 Å². The first-order valence-electron chi connectivity index (χ1n) is 8.53. The second-order valence-corrected chi connectivity index (χ2v) is 6.43. The van der Waals surface area contributed by atoms with E-state index in [1.54, 1.807) is 37.4 Å². The third-order valence-corrected chi connectivity index (χ3v) is 4.31. The van der Waals surface area contributed by atoms with Crippen LogP contribution < -0.4 is 5.32 Å². The Morgan fingerprint density at radius 3 is 2.38 bits per heavy atom. The van der Waals surface area contributed by atoms with Crippen LogP contribution in [0.4, 0.5) is 13.2 Å². The van der Waals surface area contributed by atoms with Gasteiger partial charge in [-0.05, 0) is 36.6 Å². The summed E-state index contributed by atoms with van der Waals surface area (Å²) in [5.41, 5.74) is 1.81. The molecule has 0 bridgehead atoms. The summed E-state index contributed by atoms with van der Waals surface area (Å²) >= 11 is 1.16. The standard InChI is InChI=1S/C20H20F3N3O2S/c1-13(14-8-10-16(11-9-14)20(21,22)23)25-28-12-15-6-4-5-7-17(15)18(26-29-3)19(27)24-2/h4-11H,12H2,1-3H3,(H,24,27). The van der Waals surface area contributed by atoms with E-state index in [0.717, 1.165) is 24.1 Å². The lowest BCUT2D eigenvalue weighted by Crippen LogP contribution is -2.29. The Labute approximate surface area is 171 Å². The molecule has 2 rings (SSSR count). The molecule has 0 aliphatic rings. The quantitative estimate of drug-likeness (QED) is 0.406. The Kier molecular flexibility index (Phi) is 7.83. The van der Waals surface area contributed by atoms with Crippen LogP contribution in [0.2, 0.25) is 0 Å². The molecule has 0 aliphatic heterocycles. The van der Waals surface area contributed by atoms with Gasteiger partial charge in [0.1, 0.15) is 12.3 Å². The van der Waals surface area contributed by atoms with Crippen LogP contribution in [0.15, 0.2) is 58.1 Å². The number of likely N-dealkylation sites (N-methyl/N-ethyl adjacent to an activating group) is 1. The summed E-state index contributed by atoms with van der Waals surface area (Å²) in [6, 6.07) is 11.8. The summed E-state index contributed by atoms with van der Waals surface area (Å²) in [6.07, 6.45) is -2.63. The van der Waals surface area contributed by atoms with Crippen molar-refractivity contribution >= 4 is 29.3 Å². The van der Waals surface area contributed by atoms with Gasteiger partial charge in [0, 0.05) is 24.4 Å². The summed E-state index contributed by atoms with van der Waals surface area (Å²) in [7, 11) is 1.52. The fraction of sp³-hybridized carbons (Fsp3) is 0.250. The predicted molar refractivity (Wildman–Crippen MR) is 109 cm³/mol. The van der Waals surface area contributed by atoms with Gasteiger partial charge in [0.25, 0.3) is 5.91 Å². The zero-order valence-corrected chi connectivity index (χ0v) is 16.9. The third kappa shape index (κ3) is 6.08. The van der Waals surface area contributed by atoms with Crippen LogP contribution >= 0.6 is 11.9 Å². The number of hydrogen-bond acceptors (Lipinski definition) is 5. The first-order valence-corrected chi connectivity index (χ1v) is 9.71. The highest BCUT2D eigenvalue weighted by atomic mass is 32.2. The van der Waals surface area contributed by atoms with Crippen LogP contribution in [0.3, 0.4) is 0 Å². The van der Waals surface area contributed by atoms with Crippen molar-refractivity contribution in [3.05, 3.63) is 70.8 Å². The van der Waals surface area contributed by atoms with Gasteiger partial charge in [-0.25, -0.2) is 4.40 Å². The lowest BCUT2D eigenvalue weighted by molar-refractivity contribution is -0.137. The van der Waals surface area contributed by atoms with Gasteiger partial charge >= 0.3 is 6.18 Å². The minimum absolute atomic E-state index is 0.0680. The van der Waals surface area contributed by atoms with E-state index in [-0.39, 0.29) is 18.2 Å². The average Bonchev–Trinajstić information content (AvgIpc) is 2.71. The molecule has 5 nitrogen and oxygen atoms in total. The zero-order valence-electron chi connectivity index (χ0n) is 16.1. The summed E-state index contributed by atoms with van der Waals surface area (Å²) in [6.45, 7) is 1.71. The Bertz CT molecular complexity index is 910. The highest BCUT2D eigenvalue weighted by Crippen LogP contribution is 2.29. The molecular weight excluding hydrogens is 403 g/mol. The maximum Gasteiger partial charge on any atom is 0.416 e. The normalized spacial score (nSPS) is 12.6. The van der Waals surface area contributed by atoms with Crippen LogP contribution in [0.5, 0.6) is 0 Å². The second-order valence-electron chi connectivity index (χ2n) is 5.88. The van der Waals surface area contributed by atoms with Crippen molar-refractivity contribution in [1.82, 2.24) is 5.32 Å². The molecule has 29 heavy (non-hydrogen) atoms. The molecule has 0 aromatic heterocycles. The second kappa shape index (κ2) is 10.1. The van der Waals surface area contributed by atoms with Gasteiger partial charge in [0.05, 0.1) is 11.3 Å². The smallest absolute Gasteiger partial charge is 0.391 e. The highest BCUT2D eigenvalue weighted by molar-refractivity contribution is 7.97.